The number of nitrogens with one attached hydrogen (secondary N) is 2. The molecule has 2 N–H and O–H groups in total. The lowest BCUT2D eigenvalue weighted by atomic mass is 10.1. The van der Waals surface area contributed by atoms with E-state index in [-0.39, 0.29) is 0 Å². The van der Waals surface area contributed by atoms with Crippen LogP contribution < -0.4 is 10.6 Å². The summed E-state index contributed by atoms with van der Waals surface area (Å²) in [6.07, 6.45) is 6.75. The molecule has 29 heavy (non-hydrogen) atoms. The Morgan fingerprint density at radius 3 is 2.69 bits per heavy atom. The van der Waals surface area contributed by atoms with E-state index < -0.39 is 0 Å². The van der Waals surface area contributed by atoms with Crippen molar-refractivity contribution >= 4 is 5.96 Å². The van der Waals surface area contributed by atoms with Crippen LogP contribution in [0.5, 0.6) is 0 Å². The molecule has 1 atom stereocenters. The fraction of sp³-hybridized carbons (Fsp3) is 0.565. The van der Waals surface area contributed by atoms with E-state index >= 15 is 0 Å². The molecule has 0 amide bonds. The lowest BCUT2D eigenvalue weighted by molar-refractivity contribution is 0.242. The molecule has 1 aromatic carbocycles. The molecule has 156 valence electrons. The standard InChI is InChI=1S/C23H34N6/c1-17-14-18(2)29(27-17)22-11-7-4-8-19(22)15-25-23(24-3)26-20-12-13-28(16-20)21-9-5-6-10-21/h4,7-8,11,14,20-21H,5-6,9-10,12-13,15-16H2,1-3H3,(H2,24,25,26). The molecule has 6 heteroatoms. The van der Waals surface area contributed by atoms with Gasteiger partial charge in [-0.3, -0.25) is 9.89 Å². The van der Waals surface area contributed by atoms with Crippen LogP contribution in [0.3, 0.4) is 0 Å². The Morgan fingerprint density at radius 1 is 1.17 bits per heavy atom. The summed E-state index contributed by atoms with van der Waals surface area (Å²) in [7, 11) is 1.85. The first-order chi connectivity index (χ1) is 14.1. The third-order valence-corrected chi connectivity index (χ3v) is 6.30. The first-order valence-electron chi connectivity index (χ1n) is 11.0. The van der Waals surface area contributed by atoms with Crippen LogP contribution in [-0.2, 0) is 6.54 Å². The van der Waals surface area contributed by atoms with E-state index in [0.29, 0.717) is 12.6 Å². The maximum atomic E-state index is 4.66. The molecule has 2 heterocycles. The third-order valence-electron chi connectivity index (χ3n) is 6.30. The van der Waals surface area contributed by atoms with Gasteiger partial charge in [0.05, 0.1) is 11.4 Å². The summed E-state index contributed by atoms with van der Waals surface area (Å²) in [6, 6.07) is 11.8. The molecule has 6 nitrogen and oxygen atoms in total. The number of hydrogen-bond acceptors (Lipinski definition) is 3. The van der Waals surface area contributed by atoms with E-state index in [0.717, 1.165) is 35.6 Å². The minimum Gasteiger partial charge on any atom is -0.352 e. The molecule has 1 aliphatic carbocycles. The molecule has 4 rings (SSSR count). The van der Waals surface area contributed by atoms with Gasteiger partial charge in [-0.2, -0.15) is 5.10 Å². The summed E-state index contributed by atoms with van der Waals surface area (Å²) in [4.78, 5) is 7.14. The van der Waals surface area contributed by atoms with Crippen molar-refractivity contribution in [2.75, 3.05) is 20.1 Å². The number of hydrogen-bond donors (Lipinski definition) is 2. The second-order valence-electron chi connectivity index (χ2n) is 8.46. The fourth-order valence-corrected chi connectivity index (χ4v) is 4.81. The van der Waals surface area contributed by atoms with E-state index in [9.17, 15) is 0 Å². The predicted molar refractivity (Wildman–Crippen MR) is 119 cm³/mol. The summed E-state index contributed by atoms with van der Waals surface area (Å²) < 4.78 is 2.03. The number of para-hydroxylation sites is 1. The Bertz CT molecular complexity index is 849. The normalized spacial score (nSPS) is 21.1. The summed E-state index contributed by atoms with van der Waals surface area (Å²) in [6.45, 7) is 7.19. The highest BCUT2D eigenvalue weighted by Gasteiger charge is 2.30. The van der Waals surface area contributed by atoms with Gasteiger partial charge in [0.1, 0.15) is 0 Å². The zero-order valence-electron chi connectivity index (χ0n) is 18.0. The number of aromatic nitrogens is 2. The lowest BCUT2D eigenvalue weighted by Crippen LogP contribution is -2.45. The predicted octanol–water partition coefficient (Wildman–Crippen LogP) is 3.17. The van der Waals surface area contributed by atoms with E-state index in [1.165, 1.54) is 44.2 Å². The van der Waals surface area contributed by atoms with E-state index in [1.54, 1.807) is 0 Å². The Labute approximate surface area is 174 Å². The van der Waals surface area contributed by atoms with Crippen molar-refractivity contribution in [3.63, 3.8) is 0 Å². The average Bonchev–Trinajstić information content (AvgIpc) is 3.46. The molecule has 2 fully saturated rings. The molecule has 1 saturated carbocycles. The Balaban J connectivity index is 1.37. The van der Waals surface area contributed by atoms with Crippen LogP contribution in [0.1, 0.15) is 49.1 Å². The molecule has 1 aromatic heterocycles. The second kappa shape index (κ2) is 8.99. The van der Waals surface area contributed by atoms with E-state index in [1.807, 2.05) is 18.7 Å². The molecule has 0 bridgehead atoms. The summed E-state index contributed by atoms with van der Waals surface area (Å²) in [5, 5.41) is 11.8. The van der Waals surface area contributed by atoms with Gasteiger partial charge in [-0.25, -0.2) is 4.68 Å². The molecule has 2 aromatic rings. The largest absolute Gasteiger partial charge is 0.352 e. The second-order valence-corrected chi connectivity index (χ2v) is 8.46. The monoisotopic (exact) mass is 394 g/mol. The first-order valence-corrected chi connectivity index (χ1v) is 11.0. The van der Waals surface area contributed by atoms with Crippen molar-refractivity contribution < 1.29 is 0 Å². The minimum atomic E-state index is 0.480. The molecule has 1 saturated heterocycles. The topological polar surface area (TPSA) is 57.5 Å². The van der Waals surface area contributed by atoms with E-state index in [4.69, 9.17) is 0 Å². The summed E-state index contributed by atoms with van der Waals surface area (Å²) in [5.41, 5.74) is 4.51. The highest BCUT2D eigenvalue weighted by molar-refractivity contribution is 5.80. The van der Waals surface area contributed by atoms with Crippen molar-refractivity contribution in [1.82, 2.24) is 25.3 Å². The minimum absolute atomic E-state index is 0.480. The van der Waals surface area contributed by atoms with Gasteiger partial charge in [-0.15, -0.1) is 0 Å². The maximum absolute atomic E-state index is 4.66. The Hall–Kier alpha value is -2.34. The molecule has 0 radical (unpaired) electrons. The van der Waals surface area contributed by atoms with Crippen molar-refractivity contribution in [2.45, 2.75) is 64.6 Å². The van der Waals surface area contributed by atoms with Crippen LogP contribution in [0, 0.1) is 13.8 Å². The van der Waals surface area contributed by atoms with Gasteiger partial charge in [-0.1, -0.05) is 31.0 Å². The molecule has 0 spiro atoms. The van der Waals surface area contributed by atoms with Crippen LogP contribution >= 0.6 is 0 Å². The third kappa shape index (κ3) is 4.64. The van der Waals surface area contributed by atoms with Gasteiger partial charge < -0.3 is 10.6 Å². The number of rotatable bonds is 5. The number of nitrogens with zero attached hydrogens (tertiary/aromatic N) is 4. The van der Waals surface area contributed by atoms with Gasteiger partial charge in [0.15, 0.2) is 5.96 Å². The summed E-state index contributed by atoms with van der Waals surface area (Å²) >= 11 is 0. The first kappa shape index (κ1) is 20.0. The van der Waals surface area contributed by atoms with Crippen molar-refractivity contribution in [1.29, 1.82) is 0 Å². The van der Waals surface area contributed by atoms with Crippen LogP contribution in [0.2, 0.25) is 0 Å². The molecule has 1 aliphatic heterocycles. The van der Waals surface area contributed by atoms with Crippen molar-refractivity contribution in [3.05, 3.63) is 47.3 Å². The quantitative estimate of drug-likeness (QED) is 0.604. The van der Waals surface area contributed by atoms with Gasteiger partial charge in [0, 0.05) is 44.5 Å². The fourth-order valence-electron chi connectivity index (χ4n) is 4.81. The van der Waals surface area contributed by atoms with Crippen LogP contribution in [0.25, 0.3) is 5.69 Å². The molecular weight excluding hydrogens is 360 g/mol. The maximum Gasteiger partial charge on any atom is 0.191 e. The molecule has 1 unspecified atom stereocenters. The van der Waals surface area contributed by atoms with Crippen LogP contribution in [0.4, 0.5) is 0 Å². The number of aryl methyl sites for hydroxylation is 2. The van der Waals surface area contributed by atoms with E-state index in [2.05, 4.69) is 62.9 Å². The number of benzene rings is 1. The van der Waals surface area contributed by atoms with Crippen molar-refractivity contribution in [3.8, 4) is 5.69 Å². The number of guanidine groups is 1. The van der Waals surface area contributed by atoms with Gasteiger partial charge in [0.2, 0.25) is 0 Å². The SMILES string of the molecule is CN=C(NCc1ccccc1-n1nc(C)cc1C)NC1CCN(C2CCCC2)C1. The van der Waals surface area contributed by atoms with Crippen molar-refractivity contribution in [2.24, 2.45) is 4.99 Å². The highest BCUT2D eigenvalue weighted by Crippen LogP contribution is 2.26. The lowest BCUT2D eigenvalue weighted by Gasteiger charge is -2.24. The Kier molecular flexibility index (Phi) is 6.19. The average molecular weight is 395 g/mol. The number of likely N-dealkylation sites (tertiary alicyclic amines) is 1. The van der Waals surface area contributed by atoms with Crippen LogP contribution in [0.15, 0.2) is 35.3 Å². The van der Waals surface area contributed by atoms with Gasteiger partial charge in [0.25, 0.3) is 0 Å². The molecule has 2 aliphatic rings. The zero-order chi connectivity index (χ0) is 20.2. The van der Waals surface area contributed by atoms with Crippen LogP contribution in [-0.4, -0.2) is 52.9 Å². The number of aliphatic imine (C=N–C) groups is 1. The summed E-state index contributed by atoms with van der Waals surface area (Å²) in [5.74, 6) is 0.881. The highest BCUT2D eigenvalue weighted by atomic mass is 15.3. The Morgan fingerprint density at radius 2 is 1.97 bits per heavy atom. The van der Waals surface area contributed by atoms with Gasteiger partial charge >= 0.3 is 0 Å². The zero-order valence-corrected chi connectivity index (χ0v) is 18.0. The molecular formula is C23H34N6. The van der Waals surface area contributed by atoms with Gasteiger partial charge in [-0.05, 0) is 50.8 Å². The smallest absolute Gasteiger partial charge is 0.191 e.